The molecule has 0 bridgehead atoms. The molecule has 17 nitrogen and oxygen atoms in total. The number of hydrogen-bond donors (Lipinski definition) is 0. The first-order chi connectivity index (χ1) is 20.6. The molecule has 0 N–H and O–H groups in total. The fourth-order valence-corrected chi connectivity index (χ4v) is 5.40. The van der Waals surface area contributed by atoms with Crippen LogP contribution in [-0.2, 0) is 76.2 Å². The summed E-state index contributed by atoms with van der Waals surface area (Å²) in [5, 5.41) is 0. The maximum absolute atomic E-state index is 12.6. The van der Waals surface area contributed by atoms with Crippen molar-refractivity contribution in [1.82, 2.24) is 4.90 Å². The molecule has 17 heteroatoms. The molecule has 3 saturated heterocycles. The Hall–Kier alpha value is -3.83. The molecule has 3 rings (SSSR count). The highest BCUT2D eigenvalue weighted by molar-refractivity contribution is 5.80. The lowest BCUT2D eigenvalue weighted by molar-refractivity contribution is -0.339. The van der Waals surface area contributed by atoms with Crippen LogP contribution in [0.3, 0.4) is 0 Å². The van der Waals surface area contributed by atoms with E-state index >= 15 is 0 Å². The van der Waals surface area contributed by atoms with Gasteiger partial charge in [-0.2, -0.15) is 0 Å². The molecule has 10 atom stereocenters. The fraction of sp³-hybridized carbons (Fsp3) is 0.741. The first-order valence-electron chi connectivity index (χ1n) is 13.8. The predicted molar refractivity (Wildman–Crippen MR) is 139 cm³/mol. The first-order valence-corrected chi connectivity index (χ1v) is 13.8. The molecule has 0 saturated carbocycles. The molecule has 0 spiro atoms. The number of rotatable bonds is 10. The smallest absolute Gasteiger partial charge is 0.303 e. The zero-order chi connectivity index (χ0) is 32.9. The van der Waals surface area contributed by atoms with Crippen molar-refractivity contribution in [3.8, 4) is 0 Å². The van der Waals surface area contributed by atoms with Gasteiger partial charge in [0, 0.05) is 48.6 Å². The van der Waals surface area contributed by atoms with E-state index in [1.54, 1.807) is 0 Å². The van der Waals surface area contributed by atoms with Crippen LogP contribution in [0.15, 0.2) is 0 Å². The standard InChI is InChI=1S/C27H37NO16/c1-11(29)36-9-18-22(24(39-14(4)32)21-17(42-18)8-20(35)28(21)7)44-27-26(41-16(6)34)25(40-15(5)33)23(38-13(3)31)19(43-27)10-37-12(2)30/h17-19,21-27H,8-10H2,1-7H3/t17?,18-,19-,21+,22-,23-,24-,25+,26-,27?/m1/s1. The van der Waals surface area contributed by atoms with Gasteiger partial charge >= 0.3 is 35.8 Å². The molecular formula is C27H37NO16. The summed E-state index contributed by atoms with van der Waals surface area (Å²) >= 11 is 0. The molecule has 3 aliphatic rings. The van der Waals surface area contributed by atoms with E-state index in [4.69, 9.17) is 42.6 Å². The molecule has 3 fully saturated rings. The van der Waals surface area contributed by atoms with Gasteiger partial charge in [0.2, 0.25) is 5.91 Å². The van der Waals surface area contributed by atoms with E-state index in [9.17, 15) is 33.6 Å². The number of amides is 1. The second-order valence-corrected chi connectivity index (χ2v) is 10.5. The lowest BCUT2D eigenvalue weighted by Gasteiger charge is -2.48. The van der Waals surface area contributed by atoms with Crippen LogP contribution in [0.5, 0.6) is 0 Å². The molecule has 0 aromatic carbocycles. The van der Waals surface area contributed by atoms with Gasteiger partial charge in [-0.25, -0.2) is 0 Å². The predicted octanol–water partition coefficient (Wildman–Crippen LogP) is -1.05. The monoisotopic (exact) mass is 631 g/mol. The molecule has 44 heavy (non-hydrogen) atoms. The summed E-state index contributed by atoms with van der Waals surface area (Å²) in [6.45, 7) is 5.74. The van der Waals surface area contributed by atoms with E-state index in [1.165, 1.54) is 11.9 Å². The third-order valence-electron chi connectivity index (χ3n) is 6.97. The van der Waals surface area contributed by atoms with Crippen molar-refractivity contribution in [3.05, 3.63) is 0 Å². The van der Waals surface area contributed by atoms with E-state index < -0.39 is 110 Å². The number of fused-ring (bicyclic) bond motifs is 1. The largest absolute Gasteiger partial charge is 0.463 e. The van der Waals surface area contributed by atoms with E-state index in [2.05, 4.69) is 0 Å². The van der Waals surface area contributed by atoms with Gasteiger partial charge in [0.05, 0.1) is 18.6 Å². The van der Waals surface area contributed by atoms with E-state index in [0.717, 1.165) is 41.5 Å². The van der Waals surface area contributed by atoms with Crippen molar-refractivity contribution >= 4 is 41.7 Å². The number of nitrogens with zero attached hydrogens (tertiary/aromatic N) is 1. The lowest BCUT2D eigenvalue weighted by Crippen LogP contribution is -2.67. The summed E-state index contributed by atoms with van der Waals surface area (Å²) in [4.78, 5) is 86.0. The maximum Gasteiger partial charge on any atom is 0.303 e. The highest BCUT2D eigenvalue weighted by atomic mass is 16.8. The van der Waals surface area contributed by atoms with Crippen LogP contribution >= 0.6 is 0 Å². The molecule has 0 aliphatic carbocycles. The average molecular weight is 632 g/mol. The first kappa shape index (κ1) is 34.7. The van der Waals surface area contributed by atoms with Gasteiger partial charge in [0.15, 0.2) is 30.7 Å². The summed E-state index contributed by atoms with van der Waals surface area (Å²) in [6.07, 6.45) is -12.1. The number of hydrogen-bond acceptors (Lipinski definition) is 16. The van der Waals surface area contributed by atoms with E-state index in [-0.39, 0.29) is 12.3 Å². The Morgan fingerprint density at radius 1 is 0.636 bits per heavy atom. The molecule has 0 aromatic heterocycles. The van der Waals surface area contributed by atoms with Crippen molar-refractivity contribution in [2.24, 2.45) is 0 Å². The minimum atomic E-state index is -1.67. The number of carbonyl (C=O) groups is 7. The summed E-state index contributed by atoms with van der Waals surface area (Å²) in [7, 11) is 1.49. The summed E-state index contributed by atoms with van der Waals surface area (Å²) in [5.41, 5.74) is 0. The number of esters is 6. The lowest BCUT2D eigenvalue weighted by atomic mass is 9.92. The van der Waals surface area contributed by atoms with Crippen molar-refractivity contribution in [2.75, 3.05) is 20.3 Å². The van der Waals surface area contributed by atoms with Crippen LogP contribution in [0.25, 0.3) is 0 Å². The van der Waals surface area contributed by atoms with Crippen molar-refractivity contribution in [3.63, 3.8) is 0 Å². The quantitative estimate of drug-likeness (QED) is 0.208. The molecule has 0 radical (unpaired) electrons. The molecular weight excluding hydrogens is 594 g/mol. The Balaban J connectivity index is 2.10. The van der Waals surface area contributed by atoms with Gasteiger partial charge in [-0.3, -0.25) is 33.6 Å². The normalized spacial score (nSPS) is 33.0. The Bertz CT molecular complexity index is 1140. The average Bonchev–Trinajstić information content (AvgIpc) is 3.18. The third-order valence-corrected chi connectivity index (χ3v) is 6.97. The number of carbonyl (C=O) groups excluding carboxylic acids is 7. The van der Waals surface area contributed by atoms with Crippen LogP contribution in [0.2, 0.25) is 0 Å². The van der Waals surface area contributed by atoms with E-state index in [0.29, 0.717) is 0 Å². The summed E-state index contributed by atoms with van der Waals surface area (Å²) in [5.74, 6) is -4.95. The molecule has 1 amide bonds. The van der Waals surface area contributed by atoms with Crippen molar-refractivity contribution in [2.45, 2.75) is 109 Å². The van der Waals surface area contributed by atoms with Crippen LogP contribution in [-0.4, -0.2) is 128 Å². The molecule has 0 aromatic rings. The SMILES string of the molecule is CC(=O)OC[C@H]1OC(O[C@H]2[C@H](OC(C)=O)[C@@H]3C(CC(=O)N3C)O[C@@H]2COC(C)=O)[C@H](OC(C)=O)[C@@H](OC(C)=O)[C@@H]1OC(C)=O. The Labute approximate surface area is 252 Å². The van der Waals surface area contributed by atoms with Gasteiger partial charge in [-0.05, 0) is 0 Å². The maximum atomic E-state index is 12.6. The Kier molecular flexibility index (Phi) is 11.6. The number of likely N-dealkylation sites (N-methyl/N-ethyl adjacent to an activating group) is 1. The Morgan fingerprint density at radius 2 is 1.09 bits per heavy atom. The van der Waals surface area contributed by atoms with Crippen LogP contribution in [0.4, 0.5) is 0 Å². The van der Waals surface area contributed by atoms with Gasteiger partial charge in [0.25, 0.3) is 0 Å². The van der Waals surface area contributed by atoms with E-state index in [1.807, 2.05) is 0 Å². The van der Waals surface area contributed by atoms with Crippen LogP contribution in [0, 0.1) is 0 Å². The topological polar surface area (TPSA) is 206 Å². The van der Waals surface area contributed by atoms with Crippen molar-refractivity contribution < 1.29 is 76.2 Å². The molecule has 246 valence electrons. The minimum Gasteiger partial charge on any atom is -0.463 e. The third kappa shape index (κ3) is 8.63. The zero-order valence-corrected chi connectivity index (χ0v) is 25.4. The number of ether oxygens (including phenoxy) is 9. The van der Waals surface area contributed by atoms with Crippen molar-refractivity contribution in [1.29, 1.82) is 0 Å². The van der Waals surface area contributed by atoms with Crippen LogP contribution < -0.4 is 0 Å². The molecule has 3 aliphatic heterocycles. The summed E-state index contributed by atoms with van der Waals surface area (Å²) in [6, 6.07) is -0.837. The second kappa shape index (κ2) is 14.8. The van der Waals surface area contributed by atoms with Gasteiger partial charge in [0.1, 0.15) is 31.5 Å². The number of likely N-dealkylation sites (tertiary alicyclic amines) is 1. The molecule has 3 heterocycles. The van der Waals surface area contributed by atoms with Gasteiger partial charge in [-0.15, -0.1) is 0 Å². The molecule has 2 unspecified atom stereocenters. The van der Waals surface area contributed by atoms with Crippen LogP contribution in [0.1, 0.15) is 48.0 Å². The van der Waals surface area contributed by atoms with Gasteiger partial charge < -0.3 is 47.5 Å². The minimum absolute atomic E-state index is 0.0543. The summed E-state index contributed by atoms with van der Waals surface area (Å²) < 4.78 is 50.6. The Morgan fingerprint density at radius 3 is 1.59 bits per heavy atom. The highest BCUT2D eigenvalue weighted by Crippen LogP contribution is 2.38. The fourth-order valence-electron chi connectivity index (χ4n) is 5.40. The second-order valence-electron chi connectivity index (χ2n) is 10.5. The zero-order valence-electron chi connectivity index (χ0n) is 25.4. The van der Waals surface area contributed by atoms with Gasteiger partial charge in [-0.1, -0.05) is 0 Å². The highest BCUT2D eigenvalue weighted by Gasteiger charge is 2.59.